The van der Waals surface area contributed by atoms with Gasteiger partial charge in [-0.05, 0) is 34.9 Å². The van der Waals surface area contributed by atoms with Gasteiger partial charge >= 0.3 is 6.18 Å². The van der Waals surface area contributed by atoms with E-state index in [1.807, 2.05) is 6.07 Å². The van der Waals surface area contributed by atoms with Crippen molar-refractivity contribution in [2.24, 2.45) is 0 Å². The number of rotatable bonds is 2. The molecule has 0 heterocycles. The first kappa shape index (κ1) is 14.1. The molecule has 0 aromatic heterocycles. The molecule has 2 aromatic carbocycles. The summed E-state index contributed by atoms with van der Waals surface area (Å²) in [6, 6.07) is 10.3. The fourth-order valence-electron chi connectivity index (χ4n) is 2.00. The molecule has 0 amide bonds. The zero-order chi connectivity index (χ0) is 14.8. The third-order valence-corrected chi connectivity index (χ3v) is 2.86. The fraction of sp³-hybridized carbons (Fsp3) is 0.133. The number of hydrogen-bond acceptors (Lipinski definition) is 1. The number of nitrogens with zero attached hydrogens (tertiary/aromatic N) is 1. The van der Waals surface area contributed by atoms with Gasteiger partial charge in [0.2, 0.25) is 0 Å². The molecule has 1 nitrogen and oxygen atoms in total. The first-order chi connectivity index (χ1) is 9.43. The van der Waals surface area contributed by atoms with Crippen molar-refractivity contribution in [1.82, 2.24) is 0 Å². The fourth-order valence-corrected chi connectivity index (χ4v) is 2.00. The second kappa shape index (κ2) is 5.33. The molecule has 102 valence electrons. The van der Waals surface area contributed by atoms with Gasteiger partial charge in [0, 0.05) is 0 Å². The molecule has 0 unspecified atom stereocenters. The highest BCUT2D eigenvalue weighted by molar-refractivity contribution is 5.71. The average Bonchev–Trinajstić information content (AvgIpc) is 2.40. The van der Waals surface area contributed by atoms with Gasteiger partial charge in [-0.25, -0.2) is 4.39 Å². The van der Waals surface area contributed by atoms with Gasteiger partial charge in [-0.15, -0.1) is 0 Å². The standard InChI is InChI=1S/C15H9F4N/c16-11-6-5-10(7-8-20)13(9-11)12-3-1-2-4-14(12)15(17,18)19/h1-6,9H,7H2. The van der Waals surface area contributed by atoms with E-state index in [2.05, 4.69) is 0 Å². The summed E-state index contributed by atoms with van der Waals surface area (Å²) in [4.78, 5) is 0. The molecule has 2 rings (SSSR count). The van der Waals surface area contributed by atoms with Crippen LogP contribution in [0.4, 0.5) is 17.6 Å². The molecule has 0 bridgehead atoms. The van der Waals surface area contributed by atoms with E-state index < -0.39 is 17.6 Å². The number of alkyl halides is 3. The lowest BCUT2D eigenvalue weighted by Crippen LogP contribution is -2.07. The minimum atomic E-state index is -4.53. The van der Waals surface area contributed by atoms with Gasteiger partial charge in [-0.2, -0.15) is 18.4 Å². The van der Waals surface area contributed by atoms with E-state index in [1.54, 1.807) is 0 Å². The Bertz CT molecular complexity index is 668. The molecule has 0 saturated heterocycles. The zero-order valence-corrected chi connectivity index (χ0v) is 10.2. The lowest BCUT2D eigenvalue weighted by Gasteiger charge is -2.15. The van der Waals surface area contributed by atoms with Crippen LogP contribution in [0.25, 0.3) is 11.1 Å². The molecular weight excluding hydrogens is 270 g/mol. The summed E-state index contributed by atoms with van der Waals surface area (Å²) in [5, 5.41) is 8.72. The van der Waals surface area contributed by atoms with Crippen molar-refractivity contribution >= 4 is 0 Å². The van der Waals surface area contributed by atoms with E-state index in [0.717, 1.165) is 18.2 Å². The van der Waals surface area contributed by atoms with Crippen molar-refractivity contribution in [1.29, 1.82) is 5.26 Å². The molecule has 5 heteroatoms. The van der Waals surface area contributed by atoms with Gasteiger partial charge in [0.05, 0.1) is 18.1 Å². The molecule has 0 aliphatic heterocycles. The van der Waals surface area contributed by atoms with Crippen LogP contribution in [-0.2, 0) is 12.6 Å². The van der Waals surface area contributed by atoms with Crippen molar-refractivity contribution in [3.63, 3.8) is 0 Å². The van der Waals surface area contributed by atoms with E-state index in [-0.39, 0.29) is 17.5 Å². The van der Waals surface area contributed by atoms with Crippen LogP contribution in [0.3, 0.4) is 0 Å². The molecule has 2 aromatic rings. The quantitative estimate of drug-likeness (QED) is 0.738. The molecule has 0 fully saturated rings. The van der Waals surface area contributed by atoms with E-state index >= 15 is 0 Å². The molecule has 0 aliphatic carbocycles. The summed E-state index contributed by atoms with van der Waals surface area (Å²) in [6.07, 6.45) is -4.62. The van der Waals surface area contributed by atoms with Crippen molar-refractivity contribution < 1.29 is 17.6 Å². The highest BCUT2D eigenvalue weighted by atomic mass is 19.4. The van der Waals surface area contributed by atoms with E-state index in [1.165, 1.54) is 24.3 Å². The highest BCUT2D eigenvalue weighted by Gasteiger charge is 2.33. The van der Waals surface area contributed by atoms with E-state index in [9.17, 15) is 17.6 Å². The third-order valence-electron chi connectivity index (χ3n) is 2.86. The topological polar surface area (TPSA) is 23.8 Å². The van der Waals surface area contributed by atoms with Crippen molar-refractivity contribution in [3.8, 4) is 17.2 Å². The Morgan fingerprint density at radius 1 is 1.00 bits per heavy atom. The third kappa shape index (κ3) is 2.80. The lowest BCUT2D eigenvalue weighted by atomic mass is 9.94. The van der Waals surface area contributed by atoms with Gasteiger partial charge in [-0.3, -0.25) is 0 Å². The van der Waals surface area contributed by atoms with Gasteiger partial charge in [0.1, 0.15) is 5.82 Å². The Kier molecular flexibility index (Phi) is 3.75. The minimum absolute atomic E-state index is 0.0815. The summed E-state index contributed by atoms with van der Waals surface area (Å²) < 4.78 is 52.3. The molecule has 0 atom stereocenters. The van der Waals surface area contributed by atoms with Crippen molar-refractivity contribution in [2.75, 3.05) is 0 Å². The Morgan fingerprint density at radius 2 is 1.70 bits per heavy atom. The average molecular weight is 279 g/mol. The van der Waals surface area contributed by atoms with Crippen LogP contribution < -0.4 is 0 Å². The summed E-state index contributed by atoms with van der Waals surface area (Å²) in [5.41, 5.74) is -0.500. The molecule has 0 saturated carbocycles. The number of hydrogen-bond donors (Lipinski definition) is 0. The monoisotopic (exact) mass is 279 g/mol. The number of nitriles is 1. The maximum Gasteiger partial charge on any atom is 0.417 e. The molecule has 0 spiro atoms. The molecule has 0 radical (unpaired) electrons. The van der Waals surface area contributed by atoms with Crippen LogP contribution >= 0.6 is 0 Å². The Labute approximate surface area is 113 Å². The molecular formula is C15H9F4N. The summed E-state index contributed by atoms with van der Waals surface area (Å²) in [6.45, 7) is 0. The van der Waals surface area contributed by atoms with E-state index in [4.69, 9.17) is 5.26 Å². The predicted molar refractivity (Wildman–Crippen MR) is 66.2 cm³/mol. The van der Waals surface area contributed by atoms with Crippen LogP contribution in [0.5, 0.6) is 0 Å². The molecule has 0 N–H and O–H groups in total. The summed E-state index contributed by atoms with van der Waals surface area (Å²) >= 11 is 0. The van der Waals surface area contributed by atoms with Gasteiger partial charge in [-0.1, -0.05) is 24.3 Å². The second-order valence-corrected chi connectivity index (χ2v) is 4.18. The summed E-state index contributed by atoms with van der Waals surface area (Å²) in [5.74, 6) is -0.640. The van der Waals surface area contributed by atoms with Crippen LogP contribution in [0, 0.1) is 17.1 Å². The van der Waals surface area contributed by atoms with Gasteiger partial charge in [0.25, 0.3) is 0 Å². The van der Waals surface area contributed by atoms with E-state index in [0.29, 0.717) is 5.56 Å². The smallest absolute Gasteiger partial charge is 0.207 e. The Balaban J connectivity index is 2.69. The largest absolute Gasteiger partial charge is 0.417 e. The van der Waals surface area contributed by atoms with Gasteiger partial charge < -0.3 is 0 Å². The first-order valence-corrected chi connectivity index (χ1v) is 5.75. The Morgan fingerprint density at radius 3 is 2.35 bits per heavy atom. The first-order valence-electron chi connectivity index (χ1n) is 5.75. The maximum absolute atomic E-state index is 13.3. The molecule has 0 aliphatic rings. The van der Waals surface area contributed by atoms with Crippen LogP contribution in [0.15, 0.2) is 42.5 Å². The van der Waals surface area contributed by atoms with Crippen LogP contribution in [0.2, 0.25) is 0 Å². The highest BCUT2D eigenvalue weighted by Crippen LogP contribution is 2.38. The van der Waals surface area contributed by atoms with Crippen LogP contribution in [0.1, 0.15) is 11.1 Å². The van der Waals surface area contributed by atoms with Crippen molar-refractivity contribution in [2.45, 2.75) is 12.6 Å². The van der Waals surface area contributed by atoms with Crippen LogP contribution in [-0.4, -0.2) is 0 Å². The number of benzene rings is 2. The van der Waals surface area contributed by atoms with Gasteiger partial charge in [0.15, 0.2) is 0 Å². The minimum Gasteiger partial charge on any atom is -0.207 e. The second-order valence-electron chi connectivity index (χ2n) is 4.18. The SMILES string of the molecule is N#CCc1ccc(F)cc1-c1ccccc1C(F)(F)F. The van der Waals surface area contributed by atoms with Crippen molar-refractivity contribution in [3.05, 3.63) is 59.4 Å². The zero-order valence-electron chi connectivity index (χ0n) is 10.2. The predicted octanol–water partition coefficient (Wildman–Crippen LogP) is 4.58. The Hall–Kier alpha value is -2.35. The summed E-state index contributed by atoms with van der Waals surface area (Å²) in [7, 11) is 0. The maximum atomic E-state index is 13.3. The normalized spacial score (nSPS) is 11.2. The number of halogens is 4. The lowest BCUT2D eigenvalue weighted by molar-refractivity contribution is -0.137. The molecule has 20 heavy (non-hydrogen) atoms.